The number of rotatable bonds is 20. The van der Waals surface area contributed by atoms with Gasteiger partial charge < -0.3 is 41.6 Å². The number of anilines is 1. The van der Waals surface area contributed by atoms with Crippen LogP contribution in [0.5, 0.6) is 23.0 Å². The van der Waals surface area contributed by atoms with Gasteiger partial charge in [0.25, 0.3) is 0 Å². The molecule has 0 aliphatic carbocycles. The van der Waals surface area contributed by atoms with Crippen molar-refractivity contribution in [3.63, 3.8) is 0 Å². The second-order valence-electron chi connectivity index (χ2n) is 11.4. The van der Waals surface area contributed by atoms with E-state index in [-0.39, 0.29) is 57.4 Å². The summed E-state index contributed by atoms with van der Waals surface area (Å²) in [4.78, 5) is 29.3. The molecule has 0 aliphatic heterocycles. The van der Waals surface area contributed by atoms with E-state index in [2.05, 4.69) is 39.1 Å². The maximum Gasteiger partial charge on any atom is 1.00 e. The Kier molecular flexibility index (Phi) is 22.8. The number of nitrogens with zero attached hydrogens (tertiary/aromatic N) is 4. The van der Waals surface area contributed by atoms with E-state index in [9.17, 15) is 4.79 Å². The second-order valence-corrected chi connectivity index (χ2v) is 13.0. The molecule has 2 heterocycles. The first-order valence-electron chi connectivity index (χ1n) is 17.1. The Bertz CT molecular complexity index is 1640. The van der Waals surface area contributed by atoms with Gasteiger partial charge in [-0.2, -0.15) is 0 Å². The average Bonchev–Trinajstić information content (AvgIpc) is 3.16. The van der Waals surface area contributed by atoms with Crippen LogP contribution < -0.4 is 75.6 Å². The van der Waals surface area contributed by atoms with Gasteiger partial charge in [-0.3, -0.25) is 4.79 Å². The van der Waals surface area contributed by atoms with Crippen LogP contribution in [0.15, 0.2) is 71.0 Å². The van der Waals surface area contributed by atoms with Crippen LogP contribution in [-0.4, -0.2) is 66.7 Å². The largest absolute Gasteiger partial charge is 1.00 e. The summed E-state index contributed by atoms with van der Waals surface area (Å²) in [6.45, 7) is 5.42. The molecule has 0 aliphatic rings. The molecule has 4 aromatic rings. The van der Waals surface area contributed by atoms with Gasteiger partial charge in [0.1, 0.15) is 28.8 Å². The molecular formula is C38H50KN5O6S2. The summed E-state index contributed by atoms with van der Waals surface area (Å²) >= 11 is 6.54. The van der Waals surface area contributed by atoms with Crippen LogP contribution in [0.1, 0.15) is 62.9 Å². The molecule has 0 amide bonds. The van der Waals surface area contributed by atoms with Crippen LogP contribution in [0, 0.1) is 5.92 Å². The summed E-state index contributed by atoms with van der Waals surface area (Å²) in [7, 11) is 6.54. The SMILES string of the molecule is CCCCC(CC)COC(=O)CCSc1ccnc(CCc2ccc(OC)cc2OC)n1.COc1ccc(CNc2nccc([S-])n2)c(OC)c1.[K+]. The number of carbonyl (C=O) groups is 1. The number of unbranched alkanes of at least 4 members (excludes halogenated alkanes) is 1. The number of aromatic nitrogens is 4. The minimum absolute atomic E-state index is 0. The van der Waals surface area contributed by atoms with Gasteiger partial charge in [-0.1, -0.05) is 44.2 Å². The third-order valence-electron chi connectivity index (χ3n) is 7.93. The zero-order valence-corrected chi connectivity index (χ0v) is 36.2. The van der Waals surface area contributed by atoms with Gasteiger partial charge in [0.2, 0.25) is 5.95 Å². The van der Waals surface area contributed by atoms with Gasteiger partial charge in [0.05, 0.1) is 46.5 Å². The van der Waals surface area contributed by atoms with Crippen LogP contribution in [-0.2, 0) is 41.5 Å². The van der Waals surface area contributed by atoms with Crippen molar-refractivity contribution in [3.05, 3.63) is 77.9 Å². The molecule has 0 saturated carbocycles. The molecule has 2 aromatic carbocycles. The number of hydrogen-bond donors (Lipinski definition) is 1. The van der Waals surface area contributed by atoms with Gasteiger partial charge in [-0.05, 0) is 54.7 Å². The van der Waals surface area contributed by atoms with Crippen LogP contribution in [0.4, 0.5) is 5.95 Å². The summed E-state index contributed by atoms with van der Waals surface area (Å²) in [5.74, 6) is 5.34. The summed E-state index contributed by atoms with van der Waals surface area (Å²) in [5.41, 5.74) is 2.07. The van der Waals surface area contributed by atoms with E-state index in [0.717, 1.165) is 64.2 Å². The van der Waals surface area contributed by atoms with Gasteiger partial charge in [0, 0.05) is 48.8 Å². The molecular weight excluding hydrogens is 726 g/mol. The minimum Gasteiger partial charge on any atom is -0.760 e. The molecule has 11 nitrogen and oxygen atoms in total. The topological polar surface area (TPSA) is 127 Å². The van der Waals surface area contributed by atoms with Crippen LogP contribution in [0.25, 0.3) is 0 Å². The molecule has 4 rings (SSSR count). The zero-order chi connectivity index (χ0) is 36.8. The van der Waals surface area contributed by atoms with Crippen LogP contribution in [0.2, 0.25) is 0 Å². The number of carbonyl (C=O) groups excluding carboxylic acids is 1. The summed E-state index contributed by atoms with van der Waals surface area (Å²) in [5, 5.41) is 4.49. The molecule has 0 fully saturated rings. The molecule has 0 bridgehead atoms. The third kappa shape index (κ3) is 16.5. The van der Waals surface area contributed by atoms with E-state index in [1.165, 1.54) is 12.8 Å². The predicted molar refractivity (Wildman–Crippen MR) is 203 cm³/mol. The Labute approximate surface area is 361 Å². The Morgan fingerprint density at radius 2 is 1.52 bits per heavy atom. The number of hydrogen-bond acceptors (Lipinski definition) is 13. The van der Waals surface area contributed by atoms with Crippen molar-refractivity contribution in [2.24, 2.45) is 5.92 Å². The zero-order valence-electron chi connectivity index (χ0n) is 31.5. The first kappa shape index (κ1) is 45.4. The molecule has 52 heavy (non-hydrogen) atoms. The first-order chi connectivity index (χ1) is 24.8. The first-order valence-corrected chi connectivity index (χ1v) is 18.5. The van der Waals surface area contributed by atoms with Gasteiger partial charge in [0.15, 0.2) is 0 Å². The minimum atomic E-state index is -0.131. The van der Waals surface area contributed by atoms with E-state index >= 15 is 0 Å². The monoisotopic (exact) mass is 775 g/mol. The number of aryl methyl sites for hydroxylation is 2. The molecule has 1 N–H and O–H groups in total. The molecule has 2 aromatic heterocycles. The van der Waals surface area contributed by atoms with E-state index in [1.54, 1.807) is 58.7 Å². The standard InChI is InChI=1S/C25H36N2O4S.C13H15N3O2S.K/c1-5-7-8-19(6-2)18-31-25(28)14-16-32-24-13-15-26-23(27-24)12-10-20-9-11-21(29-3)17-22(20)30-4;1-17-10-4-3-9(11(7-10)18-2)8-15-13-14-6-5-12(19)16-13;/h9,11,13,15,17,19H,5-8,10,12,14,16,18H2,1-4H3;3-7H,8H2,1-2H3,(H2,14,15,16,19);/q;;+1/p-1. The third-order valence-corrected chi connectivity index (χ3v) is 9.09. The van der Waals surface area contributed by atoms with E-state index in [4.69, 9.17) is 36.3 Å². The van der Waals surface area contributed by atoms with E-state index in [1.807, 2.05) is 42.5 Å². The number of thioether (sulfide) groups is 1. The average molecular weight is 776 g/mol. The fourth-order valence-corrected chi connectivity index (χ4v) is 5.86. The van der Waals surface area contributed by atoms with Crippen molar-refractivity contribution in [1.29, 1.82) is 0 Å². The molecule has 276 valence electrons. The summed E-state index contributed by atoms with van der Waals surface area (Å²) in [6.07, 6.45) is 9.80. The second kappa shape index (κ2) is 26.1. The fourth-order valence-electron chi connectivity index (χ4n) is 4.91. The molecule has 0 saturated heterocycles. The Hall–Kier alpha value is -2.72. The Morgan fingerprint density at radius 1 is 0.846 bits per heavy atom. The summed E-state index contributed by atoms with van der Waals surface area (Å²) in [6, 6.07) is 15.0. The molecule has 0 spiro atoms. The maximum absolute atomic E-state index is 12.1. The number of nitrogens with one attached hydrogen (secondary N) is 1. The quantitative estimate of drug-likeness (QED) is 0.0445. The van der Waals surface area contributed by atoms with Crippen molar-refractivity contribution < 1.29 is 79.9 Å². The Morgan fingerprint density at radius 3 is 2.15 bits per heavy atom. The number of methoxy groups -OCH3 is 4. The molecule has 0 radical (unpaired) electrons. The van der Waals surface area contributed by atoms with Gasteiger partial charge in [-0.15, -0.1) is 11.8 Å². The fraction of sp³-hybridized carbons (Fsp3) is 0.447. The van der Waals surface area contributed by atoms with E-state index in [0.29, 0.717) is 48.6 Å². The summed E-state index contributed by atoms with van der Waals surface area (Å²) < 4.78 is 26.7. The molecule has 1 unspecified atom stereocenters. The van der Waals surface area contributed by atoms with Gasteiger partial charge >= 0.3 is 57.4 Å². The van der Waals surface area contributed by atoms with Crippen LogP contribution >= 0.6 is 11.8 Å². The number of benzene rings is 2. The molecule has 1 atom stereocenters. The number of ether oxygens (including phenoxy) is 5. The predicted octanol–water partition coefficient (Wildman–Crippen LogP) is 4.54. The molecule has 14 heteroatoms. The normalized spacial score (nSPS) is 10.9. The smallest absolute Gasteiger partial charge is 0.760 e. The Balaban J connectivity index is 0.000000399. The maximum atomic E-state index is 12.1. The van der Waals surface area contributed by atoms with Crippen molar-refractivity contribution in [2.45, 2.75) is 75.4 Å². The van der Waals surface area contributed by atoms with Crippen molar-refractivity contribution in [1.82, 2.24) is 19.9 Å². The van der Waals surface area contributed by atoms with Crippen molar-refractivity contribution in [3.8, 4) is 23.0 Å². The van der Waals surface area contributed by atoms with Crippen molar-refractivity contribution >= 4 is 36.3 Å². The van der Waals surface area contributed by atoms with E-state index < -0.39 is 0 Å². The van der Waals surface area contributed by atoms with Crippen LogP contribution in [0.3, 0.4) is 0 Å². The van der Waals surface area contributed by atoms with Crippen molar-refractivity contribution in [2.75, 3.05) is 46.1 Å². The van der Waals surface area contributed by atoms with Gasteiger partial charge in [-0.25, -0.2) is 19.9 Å². The number of esters is 1.